The van der Waals surface area contributed by atoms with Crippen molar-refractivity contribution in [2.45, 2.75) is 52.4 Å². The maximum Gasteiger partial charge on any atom is 0.408 e. The molecule has 1 amide bonds. The molecule has 2 rings (SSSR count). The number of nitrogens with one attached hydrogen (secondary N) is 1. The number of hydrogen-bond acceptors (Lipinski definition) is 4. The van der Waals surface area contributed by atoms with Crippen molar-refractivity contribution in [1.29, 1.82) is 0 Å². The lowest BCUT2D eigenvalue weighted by molar-refractivity contribution is -0.156. The van der Waals surface area contributed by atoms with Crippen LogP contribution in [0.2, 0.25) is 0 Å². The van der Waals surface area contributed by atoms with Crippen LogP contribution >= 0.6 is 0 Å². The molecule has 1 aromatic heterocycles. The Morgan fingerprint density at radius 1 is 1.32 bits per heavy atom. The highest BCUT2D eigenvalue weighted by molar-refractivity contribution is 6.43. The molecule has 1 N–H and O–H groups in total. The summed E-state index contributed by atoms with van der Waals surface area (Å²) < 4.78 is 44.2. The molecule has 1 atom stereocenters. The van der Waals surface area contributed by atoms with Crippen molar-refractivity contribution in [3.8, 4) is 0 Å². The third-order valence-electron chi connectivity index (χ3n) is 4.15. The van der Waals surface area contributed by atoms with E-state index in [1.165, 1.54) is 11.5 Å². The smallest absolute Gasteiger partial charge is 0.408 e. The van der Waals surface area contributed by atoms with E-state index in [0.717, 1.165) is 6.92 Å². The second-order valence-electron chi connectivity index (χ2n) is 5.84. The summed E-state index contributed by atoms with van der Waals surface area (Å²) in [5, 5.41) is 1.66. The van der Waals surface area contributed by atoms with Gasteiger partial charge in [-0.05, 0) is 39.2 Å². The number of ether oxygens (including phenoxy) is 1. The standard InChI is InChI=1S/C16H19F3N2O4/c1-4-25-15(24)11-8(2)12(21-7-5-6-10(11)21)13(22)14(23)20-9(3)16(17,18)19/h9H,4-7H2,1-3H3,(H,20,23)/t9-/m0/s1. The summed E-state index contributed by atoms with van der Waals surface area (Å²) in [6, 6.07) is -2.15. The molecule has 0 unspecified atom stereocenters. The van der Waals surface area contributed by atoms with E-state index in [4.69, 9.17) is 4.74 Å². The second kappa shape index (κ2) is 6.89. The van der Waals surface area contributed by atoms with E-state index in [2.05, 4.69) is 0 Å². The zero-order valence-electron chi connectivity index (χ0n) is 14.1. The Kier molecular flexibility index (Phi) is 5.24. The Morgan fingerprint density at radius 3 is 2.52 bits per heavy atom. The minimum atomic E-state index is -4.65. The molecule has 1 aliphatic rings. The quantitative estimate of drug-likeness (QED) is 0.496. The number of ketones is 1. The van der Waals surface area contributed by atoms with Gasteiger partial charge in [-0.25, -0.2) is 4.79 Å². The lowest BCUT2D eigenvalue weighted by Crippen LogP contribution is -2.46. The molecule has 6 nitrogen and oxygen atoms in total. The predicted molar refractivity (Wildman–Crippen MR) is 81.4 cm³/mol. The van der Waals surface area contributed by atoms with Crippen molar-refractivity contribution in [1.82, 2.24) is 9.88 Å². The van der Waals surface area contributed by atoms with E-state index in [0.29, 0.717) is 25.1 Å². The highest BCUT2D eigenvalue weighted by atomic mass is 19.4. The third-order valence-corrected chi connectivity index (χ3v) is 4.15. The van der Waals surface area contributed by atoms with Crippen LogP contribution in [0.5, 0.6) is 0 Å². The molecule has 0 spiro atoms. The van der Waals surface area contributed by atoms with Crippen molar-refractivity contribution in [2.24, 2.45) is 0 Å². The van der Waals surface area contributed by atoms with Gasteiger partial charge in [0.25, 0.3) is 11.7 Å². The van der Waals surface area contributed by atoms with Crippen LogP contribution in [0.15, 0.2) is 0 Å². The molecule has 0 aromatic carbocycles. The highest BCUT2D eigenvalue weighted by Crippen LogP contribution is 2.30. The monoisotopic (exact) mass is 360 g/mol. The van der Waals surface area contributed by atoms with Gasteiger partial charge in [0.05, 0.1) is 17.9 Å². The van der Waals surface area contributed by atoms with Crippen molar-refractivity contribution >= 4 is 17.7 Å². The molecule has 0 saturated carbocycles. The van der Waals surface area contributed by atoms with Crippen LogP contribution in [-0.4, -0.2) is 41.1 Å². The minimum Gasteiger partial charge on any atom is -0.462 e. The summed E-state index contributed by atoms with van der Waals surface area (Å²) in [6.07, 6.45) is -3.45. The number of esters is 1. The molecule has 0 bridgehead atoms. The number of carbonyl (C=O) groups is 3. The molecule has 1 aliphatic heterocycles. The van der Waals surface area contributed by atoms with Crippen molar-refractivity contribution < 1.29 is 32.3 Å². The first kappa shape index (κ1) is 19.0. The average molecular weight is 360 g/mol. The number of aromatic nitrogens is 1. The van der Waals surface area contributed by atoms with E-state index in [9.17, 15) is 27.6 Å². The molecule has 2 heterocycles. The summed E-state index contributed by atoms with van der Waals surface area (Å²) in [7, 11) is 0. The largest absolute Gasteiger partial charge is 0.462 e. The number of nitrogens with zero attached hydrogens (tertiary/aromatic N) is 1. The summed E-state index contributed by atoms with van der Waals surface area (Å²) in [6.45, 7) is 4.45. The maximum atomic E-state index is 12.6. The molecule has 9 heteroatoms. The SMILES string of the molecule is CCOC(=O)c1c(C)c(C(=O)C(=O)N[C@@H](C)C(F)(F)F)n2c1CCC2. The lowest BCUT2D eigenvalue weighted by Gasteiger charge is -2.17. The van der Waals surface area contributed by atoms with Crippen LogP contribution in [0.4, 0.5) is 13.2 Å². The van der Waals surface area contributed by atoms with E-state index in [-0.39, 0.29) is 23.4 Å². The van der Waals surface area contributed by atoms with Gasteiger partial charge in [-0.1, -0.05) is 0 Å². The Balaban J connectivity index is 2.36. The Hall–Kier alpha value is -2.32. The zero-order valence-corrected chi connectivity index (χ0v) is 14.1. The van der Waals surface area contributed by atoms with Gasteiger partial charge in [-0.3, -0.25) is 9.59 Å². The average Bonchev–Trinajstić information content (AvgIpc) is 3.04. The molecule has 0 fully saturated rings. The van der Waals surface area contributed by atoms with Gasteiger partial charge in [-0.15, -0.1) is 0 Å². The maximum absolute atomic E-state index is 12.6. The van der Waals surface area contributed by atoms with Crippen molar-refractivity contribution in [2.75, 3.05) is 6.61 Å². The topological polar surface area (TPSA) is 77.4 Å². The summed E-state index contributed by atoms with van der Waals surface area (Å²) in [5.41, 5.74) is 1.01. The molecular weight excluding hydrogens is 341 g/mol. The first-order chi connectivity index (χ1) is 11.6. The van der Waals surface area contributed by atoms with E-state index in [1.807, 2.05) is 0 Å². The highest BCUT2D eigenvalue weighted by Gasteiger charge is 2.39. The van der Waals surface area contributed by atoms with Crippen LogP contribution in [-0.2, 0) is 22.5 Å². The molecule has 138 valence electrons. The number of rotatable bonds is 5. The van der Waals surface area contributed by atoms with Crippen LogP contribution in [0.3, 0.4) is 0 Å². The second-order valence-corrected chi connectivity index (χ2v) is 5.84. The molecule has 0 saturated heterocycles. The Labute approximate surface area is 142 Å². The molecule has 1 aromatic rings. The van der Waals surface area contributed by atoms with Gasteiger partial charge in [0.1, 0.15) is 6.04 Å². The summed E-state index contributed by atoms with van der Waals surface area (Å²) in [5.74, 6) is -3.04. The van der Waals surface area contributed by atoms with Gasteiger partial charge in [-0.2, -0.15) is 13.2 Å². The third kappa shape index (κ3) is 3.54. The van der Waals surface area contributed by atoms with E-state index >= 15 is 0 Å². The van der Waals surface area contributed by atoms with Crippen LogP contribution < -0.4 is 5.32 Å². The fraction of sp³-hybridized carbons (Fsp3) is 0.562. The number of alkyl halides is 3. The summed E-state index contributed by atoms with van der Waals surface area (Å²) in [4.78, 5) is 36.5. The van der Waals surface area contributed by atoms with Crippen molar-refractivity contribution in [3.63, 3.8) is 0 Å². The number of amides is 1. The molecule has 25 heavy (non-hydrogen) atoms. The number of fused-ring (bicyclic) bond motifs is 1. The lowest BCUT2D eigenvalue weighted by atomic mass is 10.1. The summed E-state index contributed by atoms with van der Waals surface area (Å²) >= 11 is 0. The Bertz CT molecular complexity index is 722. The molecular formula is C16H19F3N2O4. The van der Waals surface area contributed by atoms with Crippen molar-refractivity contribution in [3.05, 3.63) is 22.5 Å². The number of Topliss-reactive ketones (excluding diaryl/α,β-unsaturated/α-hetero) is 1. The first-order valence-electron chi connectivity index (χ1n) is 7.90. The fourth-order valence-electron chi connectivity index (χ4n) is 2.94. The van der Waals surface area contributed by atoms with Crippen LogP contribution in [0, 0.1) is 6.92 Å². The van der Waals surface area contributed by atoms with Crippen LogP contribution in [0.1, 0.15) is 52.4 Å². The number of carbonyl (C=O) groups excluding carboxylic acids is 3. The van der Waals surface area contributed by atoms with Gasteiger partial charge < -0.3 is 14.6 Å². The number of halogens is 3. The zero-order chi connectivity index (χ0) is 18.9. The number of hydrogen-bond donors (Lipinski definition) is 1. The fourth-order valence-corrected chi connectivity index (χ4v) is 2.94. The Morgan fingerprint density at radius 2 is 1.96 bits per heavy atom. The van der Waals surface area contributed by atoms with Crippen LogP contribution in [0.25, 0.3) is 0 Å². The van der Waals surface area contributed by atoms with E-state index < -0.39 is 29.9 Å². The molecule has 0 aliphatic carbocycles. The minimum absolute atomic E-state index is 0.0533. The van der Waals surface area contributed by atoms with Gasteiger partial charge in [0, 0.05) is 12.2 Å². The first-order valence-corrected chi connectivity index (χ1v) is 7.90. The van der Waals surface area contributed by atoms with Gasteiger partial charge in [0.15, 0.2) is 0 Å². The van der Waals surface area contributed by atoms with Gasteiger partial charge in [0.2, 0.25) is 0 Å². The normalized spacial score (nSPS) is 14.8. The predicted octanol–water partition coefficient (Wildman–Crippen LogP) is 2.17. The molecule has 0 radical (unpaired) electrons. The van der Waals surface area contributed by atoms with Gasteiger partial charge >= 0.3 is 12.1 Å². The van der Waals surface area contributed by atoms with E-state index in [1.54, 1.807) is 12.2 Å².